The molecule has 0 amide bonds. The monoisotopic (exact) mass is 398 g/mol. The van der Waals surface area contributed by atoms with Gasteiger partial charge in [0.15, 0.2) is 17.3 Å². The number of furan rings is 1. The fourth-order valence-corrected chi connectivity index (χ4v) is 2.65. The number of hydrogen-bond acceptors (Lipinski definition) is 8. The van der Waals surface area contributed by atoms with Crippen molar-refractivity contribution in [3.05, 3.63) is 58.5 Å². The predicted molar refractivity (Wildman–Crippen MR) is 97.5 cm³/mol. The zero-order chi connectivity index (χ0) is 21.3. The largest absolute Gasteiger partial charge is 0.449 e. The van der Waals surface area contributed by atoms with E-state index in [-0.39, 0.29) is 28.2 Å². The normalized spacial score (nSPS) is 12.8. The Hall–Kier alpha value is -3.55. The van der Waals surface area contributed by atoms with E-state index >= 15 is 0 Å². The quantitative estimate of drug-likeness (QED) is 0.279. The molecule has 0 radical (unpaired) electrons. The third-order valence-electron chi connectivity index (χ3n) is 4.20. The van der Waals surface area contributed by atoms with Gasteiger partial charge in [0.05, 0.1) is 11.0 Å². The van der Waals surface area contributed by atoms with Crippen molar-refractivity contribution in [2.24, 2.45) is 5.41 Å². The third-order valence-corrected chi connectivity index (χ3v) is 4.20. The first-order valence-electron chi connectivity index (χ1n) is 8.78. The molecule has 29 heavy (non-hydrogen) atoms. The molecule has 2 aromatic rings. The Morgan fingerprint density at radius 2 is 1.55 bits per heavy atom. The van der Waals surface area contributed by atoms with E-state index < -0.39 is 47.9 Å². The molecule has 0 saturated heterocycles. The first-order valence-corrected chi connectivity index (χ1v) is 8.78. The number of esters is 2. The van der Waals surface area contributed by atoms with Gasteiger partial charge in [0.2, 0.25) is 18.4 Å². The summed E-state index contributed by atoms with van der Waals surface area (Å²) in [7, 11) is 0. The maximum Gasteiger partial charge on any atom is 0.316 e. The molecule has 1 aromatic carbocycles. The number of fused-ring (bicyclic) bond motifs is 2. The molecule has 150 valence electrons. The van der Waals surface area contributed by atoms with Gasteiger partial charge >= 0.3 is 11.9 Å². The van der Waals surface area contributed by atoms with Crippen LogP contribution in [-0.2, 0) is 19.1 Å². The van der Waals surface area contributed by atoms with Gasteiger partial charge in [0.25, 0.3) is 0 Å². The van der Waals surface area contributed by atoms with E-state index in [1.54, 1.807) is 32.9 Å². The molecule has 1 heterocycles. The summed E-state index contributed by atoms with van der Waals surface area (Å²) < 4.78 is 14.8. The summed E-state index contributed by atoms with van der Waals surface area (Å²) in [5.41, 5.74) is -0.362. The average molecular weight is 398 g/mol. The minimum Gasteiger partial charge on any atom is -0.449 e. The lowest BCUT2D eigenvalue weighted by molar-refractivity contribution is -0.172. The van der Waals surface area contributed by atoms with Crippen LogP contribution in [0.1, 0.15) is 69.8 Å². The molecular weight excluding hydrogens is 380 g/mol. The Kier molecular flexibility index (Phi) is 5.19. The highest BCUT2D eigenvalue weighted by Crippen LogP contribution is 2.30. The van der Waals surface area contributed by atoms with Gasteiger partial charge in [0.1, 0.15) is 6.42 Å². The molecule has 0 atom stereocenters. The van der Waals surface area contributed by atoms with Crippen LogP contribution in [0.15, 0.2) is 34.7 Å². The van der Waals surface area contributed by atoms with Crippen LogP contribution < -0.4 is 0 Å². The molecule has 8 nitrogen and oxygen atoms in total. The van der Waals surface area contributed by atoms with Crippen LogP contribution in [0.3, 0.4) is 0 Å². The van der Waals surface area contributed by atoms with E-state index in [0.717, 1.165) is 6.07 Å². The van der Waals surface area contributed by atoms with Crippen molar-refractivity contribution in [3.63, 3.8) is 0 Å². The van der Waals surface area contributed by atoms with Gasteiger partial charge < -0.3 is 13.9 Å². The maximum absolute atomic E-state index is 12.5. The fourth-order valence-electron chi connectivity index (χ4n) is 2.65. The highest BCUT2D eigenvalue weighted by Gasteiger charge is 2.34. The number of rotatable bonds is 5. The van der Waals surface area contributed by atoms with E-state index in [0.29, 0.717) is 0 Å². The van der Waals surface area contributed by atoms with Crippen molar-refractivity contribution >= 4 is 29.3 Å². The molecule has 1 aromatic heterocycles. The third kappa shape index (κ3) is 4.01. The minimum atomic E-state index is -0.938. The van der Waals surface area contributed by atoms with Gasteiger partial charge in [-0.05, 0) is 26.8 Å². The highest BCUT2D eigenvalue weighted by atomic mass is 16.7. The van der Waals surface area contributed by atoms with E-state index in [4.69, 9.17) is 13.9 Å². The maximum atomic E-state index is 12.5. The summed E-state index contributed by atoms with van der Waals surface area (Å²) in [6, 6.07) is 7.42. The lowest BCUT2D eigenvalue weighted by atomic mass is 9.88. The molecule has 0 aliphatic heterocycles. The Bertz CT molecular complexity index is 983. The topological polar surface area (TPSA) is 117 Å². The Morgan fingerprint density at radius 3 is 2.17 bits per heavy atom. The van der Waals surface area contributed by atoms with Crippen LogP contribution in [0.2, 0.25) is 0 Å². The summed E-state index contributed by atoms with van der Waals surface area (Å²) in [5.74, 6) is -3.74. The van der Waals surface area contributed by atoms with E-state index in [1.807, 2.05) is 0 Å². The number of ether oxygens (including phenoxy) is 2. The molecule has 0 saturated carbocycles. The standard InChI is InChI=1S/C21H18O8/c1-21(2,3)20(26)28-10-27-16(23)9-14(22)15-8-13-17(24)11-6-4-5-7-12(11)18(25)19(13)29-15/h4-8H,9-10H2,1-3H3. The summed E-state index contributed by atoms with van der Waals surface area (Å²) in [4.78, 5) is 60.7. The molecule has 3 rings (SSSR count). The molecule has 8 heteroatoms. The summed E-state index contributed by atoms with van der Waals surface area (Å²) in [6.07, 6.45) is -0.700. The summed E-state index contributed by atoms with van der Waals surface area (Å²) >= 11 is 0. The molecule has 1 aliphatic carbocycles. The lowest BCUT2D eigenvalue weighted by Gasteiger charge is -2.16. The van der Waals surface area contributed by atoms with Gasteiger partial charge in [-0.25, -0.2) is 0 Å². The second-order valence-electron chi connectivity index (χ2n) is 7.47. The van der Waals surface area contributed by atoms with Crippen LogP contribution >= 0.6 is 0 Å². The average Bonchev–Trinajstić information content (AvgIpc) is 3.11. The summed E-state index contributed by atoms with van der Waals surface area (Å²) in [5, 5.41) is 0. The molecule has 1 aliphatic rings. The van der Waals surface area contributed by atoms with Crippen molar-refractivity contribution in [2.75, 3.05) is 6.79 Å². The van der Waals surface area contributed by atoms with Crippen LogP contribution in [0.25, 0.3) is 0 Å². The van der Waals surface area contributed by atoms with Crippen molar-refractivity contribution in [1.82, 2.24) is 0 Å². The van der Waals surface area contributed by atoms with Gasteiger partial charge in [0, 0.05) is 11.1 Å². The highest BCUT2D eigenvalue weighted by molar-refractivity contribution is 6.28. The Morgan fingerprint density at radius 1 is 0.931 bits per heavy atom. The zero-order valence-corrected chi connectivity index (χ0v) is 16.1. The number of carbonyl (C=O) groups is 5. The van der Waals surface area contributed by atoms with E-state index in [1.165, 1.54) is 12.1 Å². The predicted octanol–water partition coefficient (Wildman–Crippen LogP) is 2.72. The first kappa shape index (κ1) is 20.2. The molecule has 0 fully saturated rings. The smallest absolute Gasteiger partial charge is 0.316 e. The number of carbonyl (C=O) groups excluding carboxylic acids is 5. The SMILES string of the molecule is CC(C)(C)C(=O)OCOC(=O)CC(=O)c1cc2c(o1)C(=O)c1ccccc1C2=O. The van der Waals surface area contributed by atoms with Crippen molar-refractivity contribution in [2.45, 2.75) is 27.2 Å². The molecule has 0 N–H and O–H groups in total. The Labute approximate surface area is 165 Å². The second-order valence-corrected chi connectivity index (χ2v) is 7.47. The second kappa shape index (κ2) is 7.46. The molecule has 0 spiro atoms. The van der Waals surface area contributed by atoms with Crippen molar-refractivity contribution < 1.29 is 37.9 Å². The number of hydrogen-bond donors (Lipinski definition) is 0. The van der Waals surface area contributed by atoms with Crippen LogP contribution in [0.4, 0.5) is 0 Å². The number of benzene rings is 1. The van der Waals surface area contributed by atoms with Crippen molar-refractivity contribution in [1.29, 1.82) is 0 Å². The van der Waals surface area contributed by atoms with Gasteiger partial charge in [-0.3, -0.25) is 24.0 Å². The molecular formula is C21H18O8. The number of Topliss-reactive ketones (excluding diaryl/α,β-unsaturated/α-hetero) is 1. The van der Waals surface area contributed by atoms with Crippen molar-refractivity contribution in [3.8, 4) is 0 Å². The van der Waals surface area contributed by atoms with Gasteiger partial charge in [-0.2, -0.15) is 0 Å². The number of ketones is 3. The van der Waals surface area contributed by atoms with Crippen LogP contribution in [-0.4, -0.2) is 36.1 Å². The summed E-state index contributed by atoms with van der Waals surface area (Å²) in [6.45, 7) is 4.30. The van der Waals surface area contributed by atoms with Crippen LogP contribution in [0.5, 0.6) is 0 Å². The minimum absolute atomic E-state index is 0.0236. The van der Waals surface area contributed by atoms with E-state index in [2.05, 4.69) is 0 Å². The first-order chi connectivity index (χ1) is 13.6. The molecule has 0 unspecified atom stereocenters. The van der Waals surface area contributed by atoms with Gasteiger partial charge in [-0.15, -0.1) is 0 Å². The van der Waals surface area contributed by atoms with Gasteiger partial charge in [-0.1, -0.05) is 24.3 Å². The van der Waals surface area contributed by atoms with Crippen LogP contribution in [0, 0.1) is 5.41 Å². The lowest BCUT2D eigenvalue weighted by Crippen LogP contribution is -2.25. The zero-order valence-electron chi connectivity index (χ0n) is 16.1. The fraction of sp³-hybridized carbons (Fsp3) is 0.286. The van der Waals surface area contributed by atoms with E-state index in [9.17, 15) is 24.0 Å². The molecule has 0 bridgehead atoms. The Balaban J connectivity index is 1.66.